The van der Waals surface area contributed by atoms with Crippen molar-refractivity contribution in [3.05, 3.63) is 0 Å². The topological polar surface area (TPSA) is 50.8 Å². The summed E-state index contributed by atoms with van der Waals surface area (Å²) in [6.07, 6.45) is -0.337. The predicted molar refractivity (Wildman–Crippen MR) is 68.7 cm³/mol. The third-order valence-corrected chi connectivity index (χ3v) is 4.63. The van der Waals surface area contributed by atoms with E-state index < -0.39 is 6.49 Å². The molecule has 1 saturated heterocycles. The summed E-state index contributed by atoms with van der Waals surface area (Å²) in [6, 6.07) is 0. The van der Waals surface area contributed by atoms with Crippen LogP contribution in [-0.2, 0) is 25.8 Å². The van der Waals surface area contributed by atoms with E-state index in [9.17, 15) is 4.89 Å². The van der Waals surface area contributed by atoms with E-state index in [2.05, 4.69) is 0 Å². The van der Waals surface area contributed by atoms with Crippen LogP contribution in [0.4, 0.5) is 0 Å². The molecule has 5 atom stereocenters. The second-order valence-corrected chi connectivity index (χ2v) is 8.82. The standard InChI is InChI=1S/C8H16BO4PS2/c1-11-6-5(4-13-14(3,10)15)16-8(9)7(6)12-2/h5-8H,4H2,1-3H3,(H,10,15)/p-1. The molecule has 1 aliphatic heterocycles. The Kier molecular flexibility index (Phi) is 5.78. The predicted octanol–water partition coefficient (Wildman–Crippen LogP) is -0.0574. The fourth-order valence-corrected chi connectivity index (χ4v) is 3.76. The lowest BCUT2D eigenvalue weighted by Crippen LogP contribution is -2.37. The molecule has 4 nitrogen and oxygen atoms in total. The maximum Gasteiger partial charge on any atom is 0.0976 e. The average Bonchev–Trinajstić information content (AvgIpc) is 2.49. The van der Waals surface area contributed by atoms with Crippen LogP contribution in [0.25, 0.3) is 0 Å². The Labute approximate surface area is 107 Å². The molecule has 0 aromatic carbocycles. The highest BCUT2D eigenvalue weighted by atomic mass is 32.5. The van der Waals surface area contributed by atoms with Crippen molar-refractivity contribution in [1.82, 2.24) is 0 Å². The van der Waals surface area contributed by atoms with E-state index in [0.717, 1.165) is 0 Å². The zero-order valence-corrected chi connectivity index (χ0v) is 12.0. The van der Waals surface area contributed by atoms with Crippen molar-refractivity contribution in [3.8, 4) is 0 Å². The minimum atomic E-state index is -2.87. The second-order valence-electron chi connectivity index (χ2n) is 3.61. The summed E-state index contributed by atoms with van der Waals surface area (Å²) in [7, 11) is 9.09. The molecule has 0 N–H and O–H groups in total. The molecular weight excluding hydrogens is 266 g/mol. The highest BCUT2D eigenvalue weighted by Gasteiger charge is 2.42. The van der Waals surface area contributed by atoms with Crippen LogP contribution >= 0.6 is 18.3 Å². The van der Waals surface area contributed by atoms with E-state index in [0.29, 0.717) is 0 Å². The molecule has 0 aromatic rings. The van der Waals surface area contributed by atoms with Gasteiger partial charge in [-0.25, -0.2) is 0 Å². The number of methoxy groups -OCH3 is 2. The Balaban J connectivity index is 2.57. The van der Waals surface area contributed by atoms with Crippen LogP contribution in [0.3, 0.4) is 0 Å². The summed E-state index contributed by atoms with van der Waals surface area (Å²) in [5.41, 5.74) is 0. The van der Waals surface area contributed by atoms with Crippen molar-refractivity contribution in [3.63, 3.8) is 0 Å². The van der Waals surface area contributed by atoms with Gasteiger partial charge >= 0.3 is 0 Å². The maximum atomic E-state index is 11.3. The summed E-state index contributed by atoms with van der Waals surface area (Å²) >= 11 is 6.21. The molecule has 0 spiro atoms. The van der Waals surface area contributed by atoms with Gasteiger partial charge in [0, 0.05) is 14.2 Å². The lowest BCUT2D eigenvalue weighted by molar-refractivity contribution is -0.181. The summed E-state index contributed by atoms with van der Waals surface area (Å²) in [5, 5.41) is -0.161. The van der Waals surface area contributed by atoms with Gasteiger partial charge in [-0.15, -0.1) is 0 Å². The van der Waals surface area contributed by atoms with Gasteiger partial charge in [0.15, 0.2) is 0 Å². The summed E-state index contributed by atoms with van der Waals surface area (Å²) in [6.45, 7) is -1.18. The third kappa shape index (κ3) is 3.98. The molecule has 1 rings (SSSR count). The molecule has 0 aromatic heterocycles. The van der Waals surface area contributed by atoms with Crippen LogP contribution in [-0.4, -0.2) is 57.9 Å². The molecule has 5 unspecified atom stereocenters. The maximum absolute atomic E-state index is 11.3. The first-order valence-corrected chi connectivity index (χ1v) is 8.81. The van der Waals surface area contributed by atoms with E-state index in [1.165, 1.54) is 18.4 Å². The summed E-state index contributed by atoms with van der Waals surface area (Å²) < 4.78 is 15.7. The first-order valence-electron chi connectivity index (χ1n) is 4.78. The zero-order chi connectivity index (χ0) is 12.3. The molecule has 0 aliphatic carbocycles. The Morgan fingerprint density at radius 3 is 2.38 bits per heavy atom. The van der Waals surface area contributed by atoms with Crippen LogP contribution in [0, 0.1) is 0 Å². The van der Waals surface area contributed by atoms with Crippen molar-refractivity contribution < 1.29 is 18.9 Å². The van der Waals surface area contributed by atoms with E-state index in [1.807, 2.05) is 0 Å². The van der Waals surface area contributed by atoms with Gasteiger partial charge in [0.25, 0.3) is 0 Å². The van der Waals surface area contributed by atoms with Gasteiger partial charge in [-0.3, -0.25) is 0 Å². The Morgan fingerprint density at radius 1 is 1.38 bits per heavy atom. The van der Waals surface area contributed by atoms with Crippen LogP contribution in [0.2, 0.25) is 0 Å². The van der Waals surface area contributed by atoms with Crippen LogP contribution < -0.4 is 4.89 Å². The fourth-order valence-electron chi connectivity index (χ4n) is 1.65. The smallest absolute Gasteiger partial charge is 0.0976 e. The lowest BCUT2D eigenvalue weighted by atomic mass is 9.94. The van der Waals surface area contributed by atoms with Gasteiger partial charge in [0.05, 0.1) is 31.9 Å². The van der Waals surface area contributed by atoms with Crippen LogP contribution in [0.5, 0.6) is 0 Å². The quantitative estimate of drug-likeness (QED) is 0.520. The Hall–Kier alpha value is 0.905. The van der Waals surface area contributed by atoms with Crippen molar-refractivity contribution in [2.24, 2.45) is 0 Å². The number of rotatable bonds is 5. The Bertz CT molecular complexity index is 275. The van der Waals surface area contributed by atoms with Gasteiger partial charge in [-0.05, 0) is 18.3 Å². The van der Waals surface area contributed by atoms with E-state index in [4.69, 9.17) is 33.7 Å². The van der Waals surface area contributed by atoms with Crippen molar-refractivity contribution in [1.29, 1.82) is 0 Å². The van der Waals surface area contributed by atoms with Gasteiger partial charge in [0.1, 0.15) is 0 Å². The van der Waals surface area contributed by atoms with Crippen molar-refractivity contribution in [2.45, 2.75) is 22.6 Å². The fraction of sp³-hybridized carbons (Fsp3) is 1.00. The van der Waals surface area contributed by atoms with Gasteiger partial charge in [-0.2, -0.15) is 11.8 Å². The molecule has 0 bridgehead atoms. The van der Waals surface area contributed by atoms with E-state index in [1.54, 1.807) is 14.2 Å². The lowest BCUT2D eigenvalue weighted by Gasteiger charge is -2.27. The number of thioether (sulfide) groups is 1. The Morgan fingerprint density at radius 2 is 1.94 bits per heavy atom. The van der Waals surface area contributed by atoms with Gasteiger partial charge in [0.2, 0.25) is 0 Å². The van der Waals surface area contributed by atoms with Gasteiger partial charge < -0.3 is 18.9 Å². The van der Waals surface area contributed by atoms with Gasteiger partial charge in [-0.1, -0.05) is 11.8 Å². The minimum Gasteiger partial charge on any atom is -0.801 e. The largest absolute Gasteiger partial charge is 0.801 e. The number of hydrogen-bond donors (Lipinski definition) is 0. The molecule has 1 heterocycles. The molecule has 0 amide bonds. The molecule has 92 valence electrons. The van der Waals surface area contributed by atoms with Crippen molar-refractivity contribution in [2.75, 3.05) is 27.5 Å². The number of hydrogen-bond acceptors (Lipinski definition) is 6. The van der Waals surface area contributed by atoms with Crippen LogP contribution in [0.15, 0.2) is 0 Å². The first-order chi connectivity index (χ1) is 7.39. The monoisotopic (exact) mass is 281 g/mol. The highest BCUT2D eigenvalue weighted by molar-refractivity contribution is 8.08. The van der Waals surface area contributed by atoms with E-state index in [-0.39, 0.29) is 29.2 Å². The molecular formula is C8H15BO4PS2-. The molecule has 16 heavy (non-hydrogen) atoms. The molecule has 2 radical (unpaired) electrons. The molecule has 8 heteroatoms. The molecule has 1 fully saturated rings. The molecule has 1 aliphatic rings. The summed E-state index contributed by atoms with van der Waals surface area (Å²) in [4.78, 5) is 11.3. The van der Waals surface area contributed by atoms with Crippen LogP contribution in [0.1, 0.15) is 0 Å². The normalized spacial score (nSPS) is 38.5. The second kappa shape index (κ2) is 6.18. The SMILES string of the molecule is [B]C1SC(COP(C)([O-])=S)C(OC)C1OC. The zero-order valence-electron chi connectivity index (χ0n) is 9.49. The average molecular weight is 281 g/mol. The van der Waals surface area contributed by atoms with E-state index >= 15 is 0 Å². The molecule has 0 saturated carbocycles. The number of ether oxygens (including phenoxy) is 2. The van der Waals surface area contributed by atoms with Crippen molar-refractivity contribution >= 4 is 37.9 Å². The summed E-state index contributed by atoms with van der Waals surface area (Å²) in [5.74, 6) is 0. The third-order valence-electron chi connectivity index (χ3n) is 2.36. The first kappa shape index (κ1) is 15.0. The minimum absolute atomic E-state index is 0.00109. The highest BCUT2D eigenvalue weighted by Crippen LogP contribution is 2.39.